The van der Waals surface area contributed by atoms with Gasteiger partial charge in [-0.25, -0.2) is 4.39 Å². The summed E-state index contributed by atoms with van der Waals surface area (Å²) in [5.41, 5.74) is -1.49. The lowest BCUT2D eigenvalue weighted by atomic mass is 10.0. The number of nitrogens with one attached hydrogen (secondary N) is 1. The molecule has 7 heteroatoms. The Labute approximate surface area is 126 Å². The van der Waals surface area contributed by atoms with Crippen LogP contribution in [0.2, 0.25) is 5.02 Å². The Bertz CT molecular complexity index is 552. The molecule has 0 aliphatic carbocycles. The van der Waals surface area contributed by atoms with Gasteiger partial charge in [-0.2, -0.15) is 0 Å². The van der Waals surface area contributed by atoms with E-state index in [0.29, 0.717) is 0 Å². The number of carboxylic acid groups (broad SMARTS) is 1. The molecule has 1 aromatic carbocycles. The normalized spacial score (nSPS) is 13.9. The Morgan fingerprint density at radius 1 is 1.48 bits per heavy atom. The largest absolute Gasteiger partial charge is 0.481 e. The molecule has 5 nitrogen and oxygen atoms in total. The van der Waals surface area contributed by atoms with Gasteiger partial charge >= 0.3 is 5.97 Å². The van der Waals surface area contributed by atoms with Crippen LogP contribution in [0.5, 0.6) is 0 Å². The quantitative estimate of drug-likeness (QED) is 0.699. The van der Waals surface area contributed by atoms with Crippen molar-refractivity contribution in [3.8, 4) is 0 Å². The molecule has 0 radical (unpaired) electrons. The van der Waals surface area contributed by atoms with Gasteiger partial charge in [0.25, 0.3) is 0 Å². The lowest BCUT2D eigenvalue weighted by Crippen LogP contribution is -2.41. The minimum Gasteiger partial charge on any atom is -0.481 e. The second kappa shape index (κ2) is 7.19. The lowest BCUT2D eigenvalue weighted by Gasteiger charge is -2.20. The fraction of sp³-hybridized carbons (Fsp3) is 0.286. The molecule has 0 spiro atoms. The average Bonchev–Trinajstić information content (AvgIpc) is 2.34. The van der Waals surface area contributed by atoms with Gasteiger partial charge in [0.15, 0.2) is 0 Å². The number of halogens is 2. The highest BCUT2D eigenvalue weighted by Crippen LogP contribution is 2.20. The lowest BCUT2D eigenvalue weighted by molar-refractivity contribution is -0.142. The molecule has 21 heavy (non-hydrogen) atoms. The van der Waals surface area contributed by atoms with Crippen LogP contribution in [0.25, 0.3) is 6.08 Å². The molecular formula is C14H15ClFNO4. The van der Waals surface area contributed by atoms with Crippen LogP contribution in [-0.2, 0) is 9.59 Å². The van der Waals surface area contributed by atoms with Crippen LogP contribution in [0.15, 0.2) is 24.3 Å². The van der Waals surface area contributed by atoms with Gasteiger partial charge in [-0.3, -0.25) is 9.59 Å². The molecule has 0 heterocycles. The molecule has 1 amide bonds. The zero-order valence-electron chi connectivity index (χ0n) is 11.3. The molecule has 0 bridgehead atoms. The van der Waals surface area contributed by atoms with Crippen molar-refractivity contribution < 1.29 is 24.2 Å². The van der Waals surface area contributed by atoms with Gasteiger partial charge in [0, 0.05) is 18.2 Å². The van der Waals surface area contributed by atoms with Crippen LogP contribution in [0.1, 0.15) is 18.9 Å². The Balaban J connectivity index is 2.62. The highest BCUT2D eigenvalue weighted by molar-refractivity contribution is 6.32. The van der Waals surface area contributed by atoms with E-state index >= 15 is 0 Å². The molecule has 0 saturated carbocycles. The van der Waals surface area contributed by atoms with Gasteiger partial charge in [0.2, 0.25) is 5.91 Å². The van der Waals surface area contributed by atoms with Crippen LogP contribution in [0.4, 0.5) is 4.39 Å². The summed E-state index contributed by atoms with van der Waals surface area (Å²) in [7, 11) is 0. The van der Waals surface area contributed by atoms with E-state index in [1.165, 1.54) is 31.2 Å². The summed E-state index contributed by atoms with van der Waals surface area (Å²) < 4.78 is 13.4. The minimum atomic E-state index is -1.56. The number of carboxylic acids is 1. The second-order valence-corrected chi connectivity index (χ2v) is 5.16. The fourth-order valence-corrected chi connectivity index (χ4v) is 1.78. The van der Waals surface area contributed by atoms with Gasteiger partial charge < -0.3 is 15.5 Å². The van der Waals surface area contributed by atoms with E-state index in [1.54, 1.807) is 0 Å². The highest BCUT2D eigenvalue weighted by atomic mass is 35.5. The third kappa shape index (κ3) is 5.93. The first kappa shape index (κ1) is 17.1. The van der Waals surface area contributed by atoms with Crippen LogP contribution in [0.3, 0.4) is 0 Å². The van der Waals surface area contributed by atoms with Crippen molar-refractivity contribution in [2.24, 2.45) is 0 Å². The first-order valence-electron chi connectivity index (χ1n) is 6.05. The van der Waals surface area contributed by atoms with Crippen molar-refractivity contribution in [2.45, 2.75) is 18.9 Å². The maximum Gasteiger partial charge on any atom is 0.306 e. The first-order chi connectivity index (χ1) is 9.71. The number of aliphatic hydroxyl groups is 1. The molecule has 1 aromatic rings. The molecule has 1 atom stereocenters. The van der Waals surface area contributed by atoms with E-state index in [1.807, 2.05) is 0 Å². The molecule has 0 aliphatic rings. The zero-order chi connectivity index (χ0) is 16.0. The maximum atomic E-state index is 13.4. The van der Waals surface area contributed by atoms with Gasteiger partial charge in [0.05, 0.1) is 17.0 Å². The number of aliphatic carboxylic acids is 1. The van der Waals surface area contributed by atoms with Gasteiger partial charge in [-0.1, -0.05) is 17.7 Å². The predicted molar refractivity (Wildman–Crippen MR) is 76.3 cm³/mol. The zero-order valence-corrected chi connectivity index (χ0v) is 12.0. The van der Waals surface area contributed by atoms with E-state index in [4.69, 9.17) is 16.7 Å². The number of carbonyl (C=O) groups is 2. The third-order valence-electron chi connectivity index (χ3n) is 2.58. The van der Waals surface area contributed by atoms with Crippen molar-refractivity contribution >= 4 is 29.6 Å². The summed E-state index contributed by atoms with van der Waals surface area (Å²) in [6.45, 7) is 1.05. The number of hydrogen-bond acceptors (Lipinski definition) is 3. The smallest absolute Gasteiger partial charge is 0.306 e. The van der Waals surface area contributed by atoms with E-state index < -0.39 is 29.7 Å². The standard InChI is InChI=1S/C14H15ClFNO4/c1-14(21,7-13(19)20)8-17-12(18)6-5-9-10(15)3-2-4-11(9)16/h2-6,21H,7-8H2,1H3,(H,17,18)(H,19,20). The Kier molecular flexibility index (Phi) is 5.87. The molecule has 0 saturated heterocycles. The van der Waals surface area contributed by atoms with E-state index in [2.05, 4.69) is 5.32 Å². The van der Waals surface area contributed by atoms with Crippen molar-refractivity contribution in [2.75, 3.05) is 6.54 Å². The molecule has 1 rings (SSSR count). The number of rotatable bonds is 6. The molecular weight excluding hydrogens is 301 g/mol. The highest BCUT2D eigenvalue weighted by Gasteiger charge is 2.24. The SMILES string of the molecule is CC(O)(CNC(=O)C=Cc1c(F)cccc1Cl)CC(=O)O. The average molecular weight is 316 g/mol. The van der Waals surface area contributed by atoms with E-state index in [9.17, 15) is 19.1 Å². The number of benzene rings is 1. The van der Waals surface area contributed by atoms with Crippen molar-refractivity contribution in [1.82, 2.24) is 5.32 Å². The van der Waals surface area contributed by atoms with E-state index in [-0.39, 0.29) is 17.1 Å². The van der Waals surface area contributed by atoms with Crippen LogP contribution in [-0.4, -0.2) is 34.2 Å². The van der Waals surface area contributed by atoms with Gasteiger partial charge in [-0.15, -0.1) is 0 Å². The molecule has 1 unspecified atom stereocenters. The van der Waals surface area contributed by atoms with Crippen molar-refractivity contribution in [3.05, 3.63) is 40.7 Å². The summed E-state index contributed by atoms with van der Waals surface area (Å²) in [5.74, 6) is -2.34. The van der Waals surface area contributed by atoms with E-state index in [0.717, 1.165) is 6.08 Å². The van der Waals surface area contributed by atoms with Crippen molar-refractivity contribution in [1.29, 1.82) is 0 Å². The third-order valence-corrected chi connectivity index (χ3v) is 2.91. The first-order valence-corrected chi connectivity index (χ1v) is 6.43. The number of hydrogen-bond donors (Lipinski definition) is 3. The monoisotopic (exact) mass is 315 g/mol. The molecule has 3 N–H and O–H groups in total. The summed E-state index contributed by atoms with van der Waals surface area (Å²) >= 11 is 5.79. The molecule has 0 aromatic heterocycles. The Morgan fingerprint density at radius 3 is 2.71 bits per heavy atom. The van der Waals surface area contributed by atoms with Crippen LogP contribution < -0.4 is 5.32 Å². The summed E-state index contributed by atoms with van der Waals surface area (Å²) in [6, 6.07) is 4.14. The summed E-state index contributed by atoms with van der Waals surface area (Å²) in [5, 5.41) is 20.8. The van der Waals surface area contributed by atoms with Gasteiger partial charge in [-0.05, 0) is 25.1 Å². The van der Waals surface area contributed by atoms with Crippen LogP contribution >= 0.6 is 11.6 Å². The molecule has 0 aliphatic heterocycles. The fourth-order valence-electron chi connectivity index (χ4n) is 1.55. The topological polar surface area (TPSA) is 86.6 Å². The second-order valence-electron chi connectivity index (χ2n) is 4.75. The Hall–Kier alpha value is -1.92. The Morgan fingerprint density at radius 2 is 2.14 bits per heavy atom. The predicted octanol–water partition coefficient (Wildman–Crippen LogP) is 1.83. The maximum absolute atomic E-state index is 13.4. The minimum absolute atomic E-state index is 0.0756. The number of carbonyl (C=O) groups excluding carboxylic acids is 1. The molecule has 0 fully saturated rings. The summed E-state index contributed by atoms with van der Waals surface area (Å²) in [6.07, 6.45) is 1.76. The molecule has 114 valence electrons. The van der Waals surface area contributed by atoms with Gasteiger partial charge in [0.1, 0.15) is 5.82 Å². The number of amides is 1. The summed E-state index contributed by atoms with van der Waals surface area (Å²) in [4.78, 5) is 22.1. The van der Waals surface area contributed by atoms with Crippen molar-refractivity contribution in [3.63, 3.8) is 0 Å². The van der Waals surface area contributed by atoms with Crippen LogP contribution in [0, 0.1) is 5.82 Å².